The normalized spacial score (nSPS) is 43.7. The number of cyclic esters (lactones) is 4. The molecule has 0 aromatic heterocycles. The molecule has 2 saturated heterocycles. The highest BCUT2D eigenvalue weighted by molar-refractivity contribution is 6.02. The Morgan fingerprint density at radius 2 is 1.45 bits per heavy atom. The first-order valence-electron chi connectivity index (χ1n) is 11.0. The molecule has 7 aliphatic rings. The van der Waals surface area contributed by atoms with E-state index in [4.69, 9.17) is 9.47 Å². The fraction of sp³-hybridized carbons (Fsp3) is 0.440. The number of ether oxygens (including phenoxy) is 2. The Morgan fingerprint density at radius 1 is 0.774 bits per heavy atom. The van der Waals surface area contributed by atoms with Gasteiger partial charge in [-0.3, -0.25) is 19.2 Å². The molecule has 5 aliphatic carbocycles. The highest BCUT2D eigenvalue weighted by Gasteiger charge is 2.68. The molecule has 1 aromatic carbocycles. The molecule has 2 aliphatic heterocycles. The Kier molecular flexibility index (Phi) is 3.19. The molecule has 3 fully saturated rings. The second kappa shape index (κ2) is 5.61. The summed E-state index contributed by atoms with van der Waals surface area (Å²) in [6, 6.07) is 8.22. The van der Waals surface area contributed by atoms with Gasteiger partial charge in [-0.15, -0.1) is 0 Å². The van der Waals surface area contributed by atoms with Gasteiger partial charge in [0.05, 0.1) is 23.7 Å². The van der Waals surface area contributed by atoms with Crippen LogP contribution in [0.2, 0.25) is 0 Å². The average Bonchev–Trinajstić information content (AvgIpc) is 3.24. The third-order valence-electron chi connectivity index (χ3n) is 8.63. The zero-order valence-corrected chi connectivity index (χ0v) is 16.8. The number of carbonyl (C=O) groups is 4. The summed E-state index contributed by atoms with van der Waals surface area (Å²) < 4.78 is 10.2. The van der Waals surface area contributed by atoms with E-state index in [1.807, 2.05) is 24.3 Å². The van der Waals surface area contributed by atoms with Gasteiger partial charge in [0.25, 0.3) is 0 Å². The van der Waals surface area contributed by atoms with E-state index in [-0.39, 0.29) is 29.6 Å². The third-order valence-corrected chi connectivity index (χ3v) is 8.63. The second-order valence-electron chi connectivity index (χ2n) is 9.80. The quantitative estimate of drug-likeness (QED) is 0.367. The molecule has 31 heavy (non-hydrogen) atoms. The van der Waals surface area contributed by atoms with Crippen molar-refractivity contribution in [3.05, 3.63) is 53.1 Å². The van der Waals surface area contributed by atoms with Crippen molar-refractivity contribution in [2.75, 3.05) is 0 Å². The molecule has 0 spiro atoms. The van der Waals surface area contributed by atoms with Gasteiger partial charge in [0.15, 0.2) is 0 Å². The minimum atomic E-state index is -0.601. The second-order valence-corrected chi connectivity index (χ2v) is 9.80. The van der Waals surface area contributed by atoms with E-state index in [9.17, 15) is 19.2 Å². The van der Waals surface area contributed by atoms with Gasteiger partial charge in [-0.1, -0.05) is 48.9 Å². The summed E-state index contributed by atoms with van der Waals surface area (Å²) in [5.41, 5.74) is 4.48. The molecule has 1 saturated carbocycles. The average molecular weight is 416 g/mol. The lowest BCUT2D eigenvalue weighted by Crippen LogP contribution is -2.53. The van der Waals surface area contributed by atoms with Gasteiger partial charge in [-0.2, -0.15) is 0 Å². The van der Waals surface area contributed by atoms with Crippen LogP contribution in [-0.4, -0.2) is 23.9 Å². The van der Waals surface area contributed by atoms with Crippen molar-refractivity contribution in [1.82, 2.24) is 0 Å². The van der Waals surface area contributed by atoms with Crippen LogP contribution in [0.1, 0.15) is 30.4 Å². The lowest BCUT2D eigenvalue weighted by Gasteiger charge is -2.54. The molecule has 1 aromatic rings. The summed E-state index contributed by atoms with van der Waals surface area (Å²) in [6.07, 6.45) is 4.74. The van der Waals surface area contributed by atoms with Gasteiger partial charge in [0.1, 0.15) is 0 Å². The van der Waals surface area contributed by atoms with Crippen molar-refractivity contribution in [3.63, 3.8) is 0 Å². The van der Waals surface area contributed by atoms with Gasteiger partial charge in [-0.05, 0) is 40.9 Å². The molecule has 6 heteroatoms. The van der Waals surface area contributed by atoms with Crippen LogP contribution in [0.5, 0.6) is 0 Å². The molecule has 156 valence electrons. The molecule has 6 nitrogen and oxygen atoms in total. The maximum Gasteiger partial charge on any atom is 0.318 e. The van der Waals surface area contributed by atoms with Crippen LogP contribution in [0.15, 0.2) is 42.0 Å². The van der Waals surface area contributed by atoms with Gasteiger partial charge in [0, 0.05) is 11.8 Å². The lowest BCUT2D eigenvalue weighted by molar-refractivity contribution is -0.156. The number of fused-ring (bicyclic) bond motifs is 5. The van der Waals surface area contributed by atoms with E-state index in [2.05, 4.69) is 19.1 Å². The monoisotopic (exact) mass is 416 g/mol. The summed E-state index contributed by atoms with van der Waals surface area (Å²) in [5.74, 6) is -5.00. The summed E-state index contributed by atoms with van der Waals surface area (Å²) >= 11 is 0. The molecule has 0 N–H and O–H groups in total. The Bertz CT molecular complexity index is 1170. The van der Waals surface area contributed by atoms with Crippen LogP contribution in [0, 0.1) is 47.3 Å². The number of esters is 4. The number of allylic oxidation sites excluding steroid dienone is 4. The van der Waals surface area contributed by atoms with Crippen molar-refractivity contribution >= 4 is 29.5 Å². The predicted octanol–water partition coefficient (Wildman–Crippen LogP) is 2.64. The molecule has 0 radical (unpaired) electrons. The van der Waals surface area contributed by atoms with E-state index < -0.39 is 47.5 Å². The van der Waals surface area contributed by atoms with Crippen molar-refractivity contribution in [1.29, 1.82) is 0 Å². The highest BCUT2D eigenvalue weighted by Crippen LogP contribution is 2.66. The maximum atomic E-state index is 12.9. The van der Waals surface area contributed by atoms with E-state index in [0.29, 0.717) is 0 Å². The number of benzene rings is 1. The molecular weight excluding hydrogens is 396 g/mol. The van der Waals surface area contributed by atoms with Crippen LogP contribution in [0.3, 0.4) is 0 Å². The van der Waals surface area contributed by atoms with Gasteiger partial charge < -0.3 is 9.47 Å². The van der Waals surface area contributed by atoms with Gasteiger partial charge >= 0.3 is 23.9 Å². The van der Waals surface area contributed by atoms with Gasteiger partial charge in [-0.25, -0.2) is 0 Å². The molecule has 2 heterocycles. The van der Waals surface area contributed by atoms with Crippen molar-refractivity contribution in [2.24, 2.45) is 47.3 Å². The Balaban J connectivity index is 1.55. The lowest BCUT2D eigenvalue weighted by atomic mass is 9.46. The fourth-order valence-electron chi connectivity index (χ4n) is 7.65. The number of rotatable bonds is 0. The van der Waals surface area contributed by atoms with E-state index >= 15 is 0 Å². The largest absolute Gasteiger partial charge is 0.393 e. The minimum Gasteiger partial charge on any atom is -0.393 e. The number of carbonyl (C=O) groups excluding carboxylic acids is 4. The summed E-state index contributed by atoms with van der Waals surface area (Å²) in [5, 5.41) is 0. The molecule has 9 unspecified atom stereocenters. The summed E-state index contributed by atoms with van der Waals surface area (Å²) in [7, 11) is 0. The molecule has 2 bridgehead atoms. The standard InChI is InChI=1S/C25H20O6/c1-9-8-14-15(11-5-3-2-4-10(9)11)16-12-6-7-13(19-18(12)22(26)30-23(19)27)17(16)21-20(14)24(28)31-25(21)29/h2-7,9,12-14,17-21H,8H2,1H3. The summed E-state index contributed by atoms with van der Waals surface area (Å²) in [4.78, 5) is 51.0. The Morgan fingerprint density at radius 3 is 2.26 bits per heavy atom. The van der Waals surface area contributed by atoms with Crippen LogP contribution in [-0.2, 0) is 28.7 Å². The van der Waals surface area contributed by atoms with Crippen molar-refractivity contribution < 1.29 is 28.7 Å². The van der Waals surface area contributed by atoms with E-state index in [1.165, 1.54) is 5.56 Å². The van der Waals surface area contributed by atoms with E-state index in [0.717, 1.165) is 23.1 Å². The number of hydrogen-bond acceptors (Lipinski definition) is 6. The smallest absolute Gasteiger partial charge is 0.318 e. The van der Waals surface area contributed by atoms with Gasteiger partial charge in [0.2, 0.25) is 0 Å². The zero-order chi connectivity index (χ0) is 21.2. The number of hydrogen-bond donors (Lipinski definition) is 0. The topological polar surface area (TPSA) is 86.7 Å². The zero-order valence-electron chi connectivity index (χ0n) is 16.8. The molecular formula is C25H20O6. The van der Waals surface area contributed by atoms with Crippen molar-refractivity contribution in [3.8, 4) is 0 Å². The maximum absolute atomic E-state index is 12.9. The van der Waals surface area contributed by atoms with Crippen LogP contribution in [0.25, 0.3) is 5.57 Å². The first-order chi connectivity index (χ1) is 15.0. The first kappa shape index (κ1) is 17.6. The highest BCUT2D eigenvalue weighted by atomic mass is 16.6. The summed E-state index contributed by atoms with van der Waals surface area (Å²) in [6.45, 7) is 2.15. The Labute approximate surface area is 178 Å². The van der Waals surface area contributed by atoms with E-state index in [1.54, 1.807) is 0 Å². The van der Waals surface area contributed by atoms with Crippen LogP contribution in [0.4, 0.5) is 0 Å². The SMILES string of the molecule is CC1CC2C(=C3C4C=CC(C5C(=O)OC(=O)C45)C3C3C(=O)OC(=O)C23)c2ccccc21. The molecule has 0 amide bonds. The molecule has 8 rings (SSSR count). The third kappa shape index (κ3) is 1.95. The predicted molar refractivity (Wildman–Crippen MR) is 106 cm³/mol. The molecule has 9 atom stereocenters. The van der Waals surface area contributed by atoms with Crippen LogP contribution < -0.4 is 0 Å². The van der Waals surface area contributed by atoms with Crippen molar-refractivity contribution in [2.45, 2.75) is 19.3 Å². The Hall–Kier alpha value is -3.02. The van der Waals surface area contributed by atoms with Crippen LogP contribution >= 0.6 is 0 Å². The first-order valence-corrected chi connectivity index (χ1v) is 11.0. The minimum absolute atomic E-state index is 0.126. The fourth-order valence-corrected chi connectivity index (χ4v) is 7.65.